The van der Waals surface area contributed by atoms with Crippen LogP contribution in [0.1, 0.15) is 29.3 Å². The number of carbonyl (C=O) groups is 1. The molecule has 1 rings (SSSR count). The fourth-order valence-corrected chi connectivity index (χ4v) is 1.65. The number of hydrogen-bond donors (Lipinski definition) is 1. The number of nitrogens with zero attached hydrogens (tertiary/aromatic N) is 1. The third-order valence-corrected chi connectivity index (χ3v) is 3.46. The van der Waals surface area contributed by atoms with E-state index in [9.17, 15) is 4.79 Å². The number of alkyl halides is 1. The van der Waals surface area contributed by atoms with Crippen molar-refractivity contribution in [2.45, 2.75) is 26.1 Å². The molecule has 1 heterocycles. The number of halogens is 1. The Bertz CT molecular complexity index is 338. The molecule has 0 spiro atoms. The Hall–Kier alpha value is -0.610. The zero-order valence-electron chi connectivity index (χ0n) is 9.08. The van der Waals surface area contributed by atoms with Crippen LogP contribution in [0.25, 0.3) is 0 Å². The number of nitrogens with one attached hydrogen (secondary N) is 1. The fourth-order valence-electron chi connectivity index (χ4n) is 0.984. The summed E-state index contributed by atoms with van der Waals surface area (Å²) >= 11 is 7.49. The van der Waals surface area contributed by atoms with Gasteiger partial charge >= 0.3 is 0 Å². The van der Waals surface area contributed by atoms with Crippen molar-refractivity contribution in [1.29, 1.82) is 0 Å². The highest BCUT2D eigenvalue weighted by molar-refractivity contribution is 7.09. The van der Waals surface area contributed by atoms with Crippen molar-refractivity contribution in [1.82, 2.24) is 10.3 Å². The van der Waals surface area contributed by atoms with E-state index in [4.69, 9.17) is 11.6 Å². The minimum absolute atomic E-state index is 0.0336. The van der Waals surface area contributed by atoms with Gasteiger partial charge in [-0.15, -0.1) is 22.9 Å². The molecular weight excluding hydrogens is 232 g/mol. The molecule has 1 N–H and O–H groups in total. The molecule has 1 amide bonds. The van der Waals surface area contributed by atoms with Crippen molar-refractivity contribution in [2.75, 3.05) is 6.54 Å². The highest BCUT2D eigenvalue weighted by atomic mass is 35.5. The Morgan fingerprint density at radius 3 is 2.80 bits per heavy atom. The summed E-state index contributed by atoms with van der Waals surface area (Å²) in [6, 6.07) is 0. The first-order valence-electron chi connectivity index (χ1n) is 4.85. The zero-order chi connectivity index (χ0) is 11.4. The van der Waals surface area contributed by atoms with Crippen LogP contribution in [0.5, 0.6) is 0 Å². The molecule has 0 aliphatic carbocycles. The van der Waals surface area contributed by atoms with Gasteiger partial charge in [0.25, 0.3) is 5.91 Å². The smallest absolute Gasteiger partial charge is 0.270 e. The first kappa shape index (κ1) is 12.5. The van der Waals surface area contributed by atoms with Gasteiger partial charge in [-0.25, -0.2) is 4.98 Å². The summed E-state index contributed by atoms with van der Waals surface area (Å²) in [4.78, 5) is 15.7. The molecule has 1 aromatic rings. The van der Waals surface area contributed by atoms with Gasteiger partial charge in [0.2, 0.25) is 0 Å². The summed E-state index contributed by atoms with van der Waals surface area (Å²) < 4.78 is 0. The maximum Gasteiger partial charge on any atom is 0.270 e. The predicted octanol–water partition coefficient (Wildman–Crippen LogP) is 2.44. The van der Waals surface area contributed by atoms with Crippen LogP contribution in [-0.4, -0.2) is 22.8 Å². The number of thiazole rings is 1. The van der Waals surface area contributed by atoms with E-state index >= 15 is 0 Å². The normalized spacial score (nSPS) is 12.9. The maximum absolute atomic E-state index is 11.6. The van der Waals surface area contributed by atoms with Crippen LogP contribution >= 0.6 is 22.9 Å². The molecule has 1 atom stereocenters. The Balaban J connectivity index is 2.43. The van der Waals surface area contributed by atoms with Gasteiger partial charge in [-0.2, -0.15) is 0 Å². The molecule has 0 saturated carbocycles. The van der Waals surface area contributed by atoms with Crippen LogP contribution in [-0.2, 0) is 0 Å². The summed E-state index contributed by atoms with van der Waals surface area (Å²) in [6.07, 6.45) is 0. The van der Waals surface area contributed by atoms with Crippen molar-refractivity contribution in [3.05, 3.63) is 16.1 Å². The van der Waals surface area contributed by atoms with Gasteiger partial charge in [0.05, 0.1) is 10.4 Å². The van der Waals surface area contributed by atoms with Crippen molar-refractivity contribution in [3.63, 3.8) is 0 Å². The van der Waals surface area contributed by atoms with Crippen molar-refractivity contribution >= 4 is 28.8 Å². The zero-order valence-corrected chi connectivity index (χ0v) is 10.7. The van der Waals surface area contributed by atoms with E-state index < -0.39 is 0 Å². The first-order chi connectivity index (χ1) is 7.00. The van der Waals surface area contributed by atoms with Gasteiger partial charge in [0.15, 0.2) is 0 Å². The number of amides is 1. The lowest BCUT2D eigenvalue weighted by molar-refractivity contribution is 0.0948. The topological polar surface area (TPSA) is 42.0 Å². The molecule has 0 bridgehead atoms. The number of hydrogen-bond acceptors (Lipinski definition) is 3. The lowest BCUT2D eigenvalue weighted by Gasteiger charge is -2.13. The van der Waals surface area contributed by atoms with E-state index in [0.717, 1.165) is 5.01 Å². The van der Waals surface area contributed by atoms with Crippen LogP contribution in [0.2, 0.25) is 0 Å². The highest BCUT2D eigenvalue weighted by Crippen LogP contribution is 2.10. The number of carbonyl (C=O) groups excluding carboxylic acids is 1. The molecule has 1 unspecified atom stereocenters. The molecule has 1 aromatic heterocycles. The Labute approximate surface area is 98.9 Å². The molecule has 15 heavy (non-hydrogen) atoms. The SMILES string of the molecule is Cc1nc(C(=O)NCC(Cl)C(C)C)cs1. The summed E-state index contributed by atoms with van der Waals surface area (Å²) in [5.74, 6) is 0.204. The second kappa shape index (κ2) is 5.47. The van der Waals surface area contributed by atoms with Gasteiger partial charge in [-0.3, -0.25) is 4.79 Å². The van der Waals surface area contributed by atoms with E-state index in [1.165, 1.54) is 11.3 Å². The van der Waals surface area contributed by atoms with Crippen LogP contribution in [0.4, 0.5) is 0 Å². The summed E-state index contributed by atoms with van der Waals surface area (Å²) in [5.41, 5.74) is 0.477. The average molecular weight is 247 g/mol. The minimum atomic E-state index is -0.148. The molecule has 0 radical (unpaired) electrons. The third kappa shape index (κ3) is 3.80. The van der Waals surface area contributed by atoms with E-state index in [1.54, 1.807) is 5.38 Å². The quantitative estimate of drug-likeness (QED) is 0.830. The van der Waals surface area contributed by atoms with Crippen molar-refractivity contribution in [2.24, 2.45) is 5.92 Å². The van der Waals surface area contributed by atoms with Gasteiger partial charge in [-0.05, 0) is 12.8 Å². The highest BCUT2D eigenvalue weighted by Gasteiger charge is 2.13. The molecule has 5 heteroatoms. The van der Waals surface area contributed by atoms with E-state index in [2.05, 4.69) is 10.3 Å². The van der Waals surface area contributed by atoms with E-state index in [-0.39, 0.29) is 11.3 Å². The van der Waals surface area contributed by atoms with E-state index in [1.807, 2.05) is 20.8 Å². The predicted molar refractivity (Wildman–Crippen MR) is 63.7 cm³/mol. The Morgan fingerprint density at radius 1 is 1.67 bits per heavy atom. The number of aromatic nitrogens is 1. The molecule has 0 aromatic carbocycles. The van der Waals surface area contributed by atoms with Crippen molar-refractivity contribution < 1.29 is 4.79 Å². The molecule has 0 saturated heterocycles. The van der Waals surface area contributed by atoms with Crippen LogP contribution < -0.4 is 5.32 Å². The number of rotatable bonds is 4. The number of aryl methyl sites for hydroxylation is 1. The molecule has 3 nitrogen and oxygen atoms in total. The average Bonchev–Trinajstić information content (AvgIpc) is 2.60. The molecule has 0 aliphatic heterocycles. The second-order valence-electron chi connectivity index (χ2n) is 3.72. The molecule has 0 fully saturated rings. The van der Waals surface area contributed by atoms with Gasteiger partial charge < -0.3 is 5.32 Å². The monoisotopic (exact) mass is 246 g/mol. The van der Waals surface area contributed by atoms with Crippen LogP contribution in [0.15, 0.2) is 5.38 Å². The lowest BCUT2D eigenvalue weighted by atomic mass is 10.1. The van der Waals surface area contributed by atoms with Crippen LogP contribution in [0.3, 0.4) is 0 Å². The first-order valence-corrected chi connectivity index (χ1v) is 6.16. The van der Waals surface area contributed by atoms with Gasteiger partial charge in [0.1, 0.15) is 5.69 Å². The molecule has 0 aliphatic rings. The molecular formula is C10H15ClN2OS. The minimum Gasteiger partial charge on any atom is -0.349 e. The third-order valence-electron chi connectivity index (χ3n) is 2.03. The Morgan fingerprint density at radius 2 is 2.33 bits per heavy atom. The standard InChI is InChI=1S/C10H15ClN2OS/c1-6(2)8(11)4-12-10(14)9-5-15-7(3)13-9/h5-6,8H,4H2,1-3H3,(H,12,14). The fraction of sp³-hybridized carbons (Fsp3) is 0.600. The van der Waals surface area contributed by atoms with Crippen LogP contribution in [0, 0.1) is 12.8 Å². The van der Waals surface area contributed by atoms with Gasteiger partial charge in [0, 0.05) is 11.9 Å². The summed E-state index contributed by atoms with van der Waals surface area (Å²) in [6.45, 7) is 6.40. The van der Waals surface area contributed by atoms with Gasteiger partial charge in [-0.1, -0.05) is 13.8 Å². The molecule has 84 valence electrons. The largest absolute Gasteiger partial charge is 0.349 e. The van der Waals surface area contributed by atoms with Crippen molar-refractivity contribution in [3.8, 4) is 0 Å². The Kier molecular flexibility index (Phi) is 4.54. The maximum atomic E-state index is 11.6. The lowest BCUT2D eigenvalue weighted by Crippen LogP contribution is -2.32. The van der Waals surface area contributed by atoms with E-state index in [0.29, 0.717) is 18.2 Å². The summed E-state index contributed by atoms with van der Waals surface area (Å²) in [7, 11) is 0. The summed E-state index contributed by atoms with van der Waals surface area (Å²) in [5, 5.41) is 5.38. The second-order valence-corrected chi connectivity index (χ2v) is 5.34.